The molecule has 0 spiro atoms. The topological polar surface area (TPSA) is 113 Å². The van der Waals surface area contributed by atoms with Crippen LogP contribution in [0.4, 0.5) is 5.00 Å². The minimum atomic E-state index is -1.12. The molecule has 0 bridgehead atoms. The molecule has 1 heterocycles. The van der Waals surface area contributed by atoms with E-state index in [4.69, 9.17) is 9.84 Å². The van der Waals surface area contributed by atoms with Crippen molar-refractivity contribution in [3.8, 4) is 5.75 Å². The third-order valence-electron chi connectivity index (χ3n) is 4.41. The van der Waals surface area contributed by atoms with Gasteiger partial charge >= 0.3 is 11.9 Å². The number of hydrogen-bond acceptors (Lipinski definition) is 6. The van der Waals surface area contributed by atoms with E-state index >= 15 is 0 Å². The smallest absolute Gasteiger partial charge is 0.316 e. The van der Waals surface area contributed by atoms with Crippen LogP contribution in [0.1, 0.15) is 64.7 Å². The maximum Gasteiger partial charge on any atom is 0.316 e. The van der Waals surface area contributed by atoms with Gasteiger partial charge in [0.25, 0.3) is 0 Å². The lowest BCUT2D eigenvalue weighted by molar-refractivity contribution is -0.146. The fraction of sp³-hybridized carbons (Fsp3) is 0.650. The summed E-state index contributed by atoms with van der Waals surface area (Å²) in [5.74, 6) is -3.18. The third-order valence-corrected chi connectivity index (χ3v) is 6.18. The Labute approximate surface area is 180 Å². The van der Waals surface area contributed by atoms with E-state index in [1.165, 1.54) is 29.5 Å². The first kappa shape index (κ1) is 25.3. The molecule has 0 fully saturated rings. The van der Waals surface area contributed by atoms with Crippen LogP contribution in [0.2, 0.25) is 0 Å². The highest BCUT2D eigenvalue weighted by molar-refractivity contribution is 7.98. The first-order chi connectivity index (χ1) is 13.9. The quantitative estimate of drug-likeness (QED) is 0.184. The highest BCUT2D eigenvalue weighted by Gasteiger charge is 2.27. The van der Waals surface area contributed by atoms with Crippen molar-refractivity contribution in [2.24, 2.45) is 5.92 Å². The predicted octanol–water partition coefficient (Wildman–Crippen LogP) is 5.10. The Morgan fingerprint density at radius 1 is 1.14 bits per heavy atom. The standard InChI is InChI=1S/C20H31NO6S2/c1-3-4-5-6-7-8-10-14(20(25)26)18(24)21-19-17(15(28-2)13-29-19)27-12-9-11-16(22)23/h13-14H,3-12H2,1-2H3,(H,21,24)(H,22,23)(H,25,26). The van der Waals surface area contributed by atoms with Crippen molar-refractivity contribution < 1.29 is 29.3 Å². The average Bonchev–Trinajstić information content (AvgIpc) is 3.05. The lowest BCUT2D eigenvalue weighted by Gasteiger charge is -2.14. The van der Waals surface area contributed by atoms with E-state index in [1.807, 2.05) is 11.6 Å². The summed E-state index contributed by atoms with van der Waals surface area (Å²) in [4.78, 5) is 35.6. The van der Waals surface area contributed by atoms with Crippen LogP contribution in [0.5, 0.6) is 5.75 Å². The van der Waals surface area contributed by atoms with Gasteiger partial charge in [0.05, 0.1) is 11.5 Å². The Balaban J connectivity index is 2.65. The number of rotatable bonds is 16. The normalized spacial score (nSPS) is 11.8. The average molecular weight is 446 g/mol. The van der Waals surface area contributed by atoms with Crippen LogP contribution in [0, 0.1) is 5.92 Å². The Bertz CT molecular complexity index is 661. The van der Waals surface area contributed by atoms with Crippen molar-refractivity contribution in [1.29, 1.82) is 0 Å². The number of thiophene rings is 1. The lowest BCUT2D eigenvalue weighted by Crippen LogP contribution is -2.29. The number of carboxylic acid groups (broad SMARTS) is 2. The molecular formula is C20H31NO6S2. The molecule has 164 valence electrons. The summed E-state index contributed by atoms with van der Waals surface area (Å²) in [6.07, 6.45) is 8.67. The summed E-state index contributed by atoms with van der Waals surface area (Å²) in [6.45, 7) is 2.35. The molecule has 0 aliphatic carbocycles. The number of carbonyl (C=O) groups is 3. The minimum absolute atomic E-state index is 0.000223. The molecule has 1 aromatic heterocycles. The second-order valence-electron chi connectivity index (χ2n) is 6.74. The fourth-order valence-corrected chi connectivity index (χ4v) is 4.49. The van der Waals surface area contributed by atoms with E-state index in [1.54, 1.807) is 0 Å². The zero-order valence-corrected chi connectivity index (χ0v) is 18.7. The number of amides is 1. The molecule has 1 aromatic rings. The molecule has 29 heavy (non-hydrogen) atoms. The molecule has 0 aliphatic heterocycles. The minimum Gasteiger partial charge on any atom is -0.489 e. The number of carbonyl (C=O) groups excluding carboxylic acids is 1. The van der Waals surface area contributed by atoms with Crippen LogP contribution in [-0.2, 0) is 14.4 Å². The van der Waals surface area contributed by atoms with Gasteiger partial charge in [0, 0.05) is 11.8 Å². The molecule has 0 radical (unpaired) electrons. The van der Waals surface area contributed by atoms with Crippen molar-refractivity contribution in [2.75, 3.05) is 18.2 Å². The second-order valence-corrected chi connectivity index (χ2v) is 8.47. The number of nitrogens with one attached hydrogen (secondary N) is 1. The third kappa shape index (κ3) is 9.54. The van der Waals surface area contributed by atoms with Crippen molar-refractivity contribution in [1.82, 2.24) is 0 Å². The fourth-order valence-electron chi connectivity index (χ4n) is 2.79. The van der Waals surface area contributed by atoms with Crippen LogP contribution in [0.15, 0.2) is 10.3 Å². The summed E-state index contributed by atoms with van der Waals surface area (Å²) in [5, 5.41) is 23.2. The molecule has 0 saturated heterocycles. The molecule has 1 unspecified atom stereocenters. The van der Waals surface area contributed by atoms with Gasteiger partial charge in [0.2, 0.25) is 5.91 Å². The number of anilines is 1. The monoisotopic (exact) mass is 445 g/mol. The largest absolute Gasteiger partial charge is 0.489 e. The summed E-state index contributed by atoms with van der Waals surface area (Å²) in [5.41, 5.74) is 0. The van der Waals surface area contributed by atoms with E-state index in [0.29, 0.717) is 30.0 Å². The van der Waals surface area contributed by atoms with Crippen LogP contribution >= 0.6 is 23.1 Å². The van der Waals surface area contributed by atoms with Gasteiger partial charge in [-0.25, -0.2) is 0 Å². The number of ether oxygens (including phenoxy) is 1. The summed E-state index contributed by atoms with van der Waals surface area (Å²) in [7, 11) is 0. The Hall–Kier alpha value is -1.74. The maximum atomic E-state index is 12.6. The van der Waals surface area contributed by atoms with Crippen molar-refractivity contribution in [2.45, 2.75) is 69.6 Å². The van der Waals surface area contributed by atoms with E-state index in [-0.39, 0.29) is 13.0 Å². The van der Waals surface area contributed by atoms with E-state index in [9.17, 15) is 19.5 Å². The molecule has 1 atom stereocenters. The molecule has 0 aromatic carbocycles. The van der Waals surface area contributed by atoms with Gasteiger partial charge in [-0.15, -0.1) is 23.1 Å². The zero-order valence-electron chi connectivity index (χ0n) is 17.1. The molecular weight excluding hydrogens is 414 g/mol. The number of unbranched alkanes of at least 4 members (excludes halogenated alkanes) is 5. The lowest BCUT2D eigenvalue weighted by atomic mass is 9.99. The first-order valence-electron chi connectivity index (χ1n) is 9.94. The van der Waals surface area contributed by atoms with Gasteiger partial charge in [-0.2, -0.15) is 0 Å². The SMILES string of the molecule is CCCCCCCCC(C(=O)O)C(=O)Nc1scc(SC)c1OCCCC(=O)O. The summed E-state index contributed by atoms with van der Waals surface area (Å²) >= 11 is 2.72. The van der Waals surface area contributed by atoms with E-state index in [0.717, 1.165) is 30.6 Å². The van der Waals surface area contributed by atoms with Gasteiger partial charge in [-0.3, -0.25) is 14.4 Å². The second kappa shape index (κ2) is 14.3. The van der Waals surface area contributed by atoms with Crippen LogP contribution in [0.25, 0.3) is 0 Å². The number of carboxylic acids is 2. The van der Waals surface area contributed by atoms with Gasteiger partial charge in [0.1, 0.15) is 10.9 Å². The van der Waals surface area contributed by atoms with Gasteiger partial charge in [0.15, 0.2) is 5.75 Å². The molecule has 0 saturated carbocycles. The molecule has 9 heteroatoms. The van der Waals surface area contributed by atoms with Crippen LogP contribution < -0.4 is 10.1 Å². The summed E-state index contributed by atoms with van der Waals surface area (Å²) in [6, 6.07) is 0. The Kier molecular flexibility index (Phi) is 12.5. The van der Waals surface area contributed by atoms with Crippen molar-refractivity contribution in [3.63, 3.8) is 0 Å². The zero-order chi connectivity index (χ0) is 21.6. The van der Waals surface area contributed by atoms with Gasteiger partial charge in [-0.1, -0.05) is 45.4 Å². The van der Waals surface area contributed by atoms with Crippen molar-refractivity contribution in [3.05, 3.63) is 5.38 Å². The number of aliphatic carboxylic acids is 2. The van der Waals surface area contributed by atoms with Gasteiger partial charge < -0.3 is 20.3 Å². The molecule has 7 nitrogen and oxygen atoms in total. The number of thioether (sulfide) groups is 1. The van der Waals surface area contributed by atoms with E-state index in [2.05, 4.69) is 12.2 Å². The van der Waals surface area contributed by atoms with Crippen LogP contribution in [-0.4, -0.2) is 40.9 Å². The summed E-state index contributed by atoms with van der Waals surface area (Å²) < 4.78 is 5.69. The predicted molar refractivity (Wildman–Crippen MR) is 116 cm³/mol. The highest BCUT2D eigenvalue weighted by Crippen LogP contribution is 2.41. The van der Waals surface area contributed by atoms with Gasteiger partial charge in [-0.05, 0) is 19.1 Å². The number of hydrogen-bond donors (Lipinski definition) is 3. The Morgan fingerprint density at radius 2 is 1.83 bits per heavy atom. The highest BCUT2D eigenvalue weighted by atomic mass is 32.2. The maximum absolute atomic E-state index is 12.6. The van der Waals surface area contributed by atoms with Crippen LogP contribution in [0.3, 0.4) is 0 Å². The molecule has 3 N–H and O–H groups in total. The first-order valence-corrected chi connectivity index (χ1v) is 12.0. The van der Waals surface area contributed by atoms with E-state index < -0.39 is 23.8 Å². The molecule has 1 rings (SSSR count). The Morgan fingerprint density at radius 3 is 2.45 bits per heavy atom. The molecule has 1 amide bonds. The van der Waals surface area contributed by atoms with Crippen molar-refractivity contribution >= 4 is 45.9 Å². The molecule has 0 aliphatic rings.